The maximum absolute atomic E-state index is 12.7. The lowest BCUT2D eigenvalue weighted by Gasteiger charge is -2.30. The van der Waals surface area contributed by atoms with Crippen LogP contribution in [0.2, 0.25) is 0 Å². The number of aromatic nitrogens is 2. The third-order valence-electron chi connectivity index (χ3n) is 5.25. The van der Waals surface area contributed by atoms with Gasteiger partial charge >= 0.3 is 0 Å². The number of likely N-dealkylation sites (tertiary alicyclic amines) is 1. The van der Waals surface area contributed by atoms with E-state index in [9.17, 15) is 9.59 Å². The fraction of sp³-hybridized carbons (Fsp3) is 0.273. The smallest absolute Gasteiger partial charge is 0.253 e. The molecule has 1 fully saturated rings. The van der Waals surface area contributed by atoms with E-state index in [0.717, 1.165) is 16.7 Å². The molecule has 1 aromatic heterocycles. The third kappa shape index (κ3) is 4.03. The molecule has 2 N–H and O–H groups in total. The van der Waals surface area contributed by atoms with E-state index in [2.05, 4.69) is 10.2 Å². The number of benzene rings is 2. The van der Waals surface area contributed by atoms with Gasteiger partial charge in [-0.25, -0.2) is 0 Å². The summed E-state index contributed by atoms with van der Waals surface area (Å²) in [7, 11) is 0. The number of amides is 2. The van der Waals surface area contributed by atoms with Gasteiger partial charge < -0.3 is 15.1 Å². The molecule has 148 valence electrons. The Morgan fingerprint density at radius 2 is 1.66 bits per heavy atom. The molecule has 1 aliphatic rings. The molecule has 1 saturated heterocycles. The minimum absolute atomic E-state index is 0.0505. The Morgan fingerprint density at radius 1 is 1.00 bits per heavy atom. The van der Waals surface area contributed by atoms with E-state index in [-0.39, 0.29) is 17.7 Å². The molecular weight excluding hydrogens is 368 g/mol. The van der Waals surface area contributed by atoms with Crippen molar-refractivity contribution in [3.63, 3.8) is 0 Å². The summed E-state index contributed by atoms with van der Waals surface area (Å²) in [6.45, 7) is 3.09. The number of nitrogens with zero attached hydrogens (tertiary/aromatic N) is 3. The van der Waals surface area contributed by atoms with Gasteiger partial charge in [0.25, 0.3) is 5.91 Å². The number of hydrogen-bond acceptors (Lipinski definition) is 5. The predicted molar refractivity (Wildman–Crippen MR) is 108 cm³/mol. The van der Waals surface area contributed by atoms with Crippen molar-refractivity contribution in [2.75, 3.05) is 13.1 Å². The minimum Gasteiger partial charge on any atom is -0.416 e. The number of carbonyl (C=O) groups is 2. The number of aryl methyl sites for hydroxylation is 1. The first-order valence-electron chi connectivity index (χ1n) is 9.61. The van der Waals surface area contributed by atoms with Gasteiger partial charge in [-0.15, -0.1) is 10.2 Å². The summed E-state index contributed by atoms with van der Waals surface area (Å²) in [6, 6.07) is 15.0. The molecule has 2 amide bonds. The lowest BCUT2D eigenvalue weighted by atomic mass is 9.96. The zero-order valence-corrected chi connectivity index (χ0v) is 16.2. The Morgan fingerprint density at radius 3 is 2.28 bits per heavy atom. The number of primary amides is 1. The van der Waals surface area contributed by atoms with Crippen molar-refractivity contribution in [2.45, 2.75) is 19.8 Å². The van der Waals surface area contributed by atoms with E-state index in [1.165, 1.54) is 0 Å². The van der Waals surface area contributed by atoms with E-state index in [1.807, 2.05) is 31.2 Å². The van der Waals surface area contributed by atoms with Crippen LogP contribution in [0.25, 0.3) is 22.9 Å². The van der Waals surface area contributed by atoms with Crippen LogP contribution in [0, 0.1) is 12.8 Å². The highest BCUT2D eigenvalue weighted by atomic mass is 16.4. The monoisotopic (exact) mass is 390 g/mol. The molecule has 2 heterocycles. The van der Waals surface area contributed by atoms with Gasteiger partial charge in [-0.3, -0.25) is 9.59 Å². The number of nitrogens with two attached hydrogens (primary N) is 1. The molecule has 3 aromatic rings. The molecule has 29 heavy (non-hydrogen) atoms. The van der Waals surface area contributed by atoms with Crippen LogP contribution in [0.15, 0.2) is 52.9 Å². The van der Waals surface area contributed by atoms with Crippen molar-refractivity contribution in [2.24, 2.45) is 11.7 Å². The third-order valence-corrected chi connectivity index (χ3v) is 5.25. The average Bonchev–Trinajstić information content (AvgIpc) is 3.24. The second-order valence-electron chi connectivity index (χ2n) is 7.33. The number of hydrogen-bond donors (Lipinski definition) is 1. The van der Waals surface area contributed by atoms with Gasteiger partial charge in [0.2, 0.25) is 17.7 Å². The molecule has 0 unspecified atom stereocenters. The maximum atomic E-state index is 12.7. The minimum atomic E-state index is -0.286. The first-order chi connectivity index (χ1) is 14.0. The molecule has 0 atom stereocenters. The van der Waals surface area contributed by atoms with Crippen molar-refractivity contribution in [1.82, 2.24) is 15.1 Å². The van der Waals surface area contributed by atoms with E-state index in [0.29, 0.717) is 43.3 Å². The van der Waals surface area contributed by atoms with E-state index < -0.39 is 0 Å². The molecular formula is C22H22N4O3. The van der Waals surface area contributed by atoms with Crippen molar-refractivity contribution in [3.8, 4) is 22.9 Å². The highest BCUT2D eigenvalue weighted by Gasteiger charge is 2.26. The fourth-order valence-electron chi connectivity index (χ4n) is 3.54. The molecule has 7 nitrogen and oxygen atoms in total. The predicted octanol–water partition coefficient (Wildman–Crippen LogP) is 3.05. The largest absolute Gasteiger partial charge is 0.416 e. The summed E-state index contributed by atoms with van der Waals surface area (Å²) >= 11 is 0. The highest BCUT2D eigenvalue weighted by Crippen LogP contribution is 2.25. The van der Waals surface area contributed by atoms with E-state index >= 15 is 0 Å². The van der Waals surface area contributed by atoms with Crippen molar-refractivity contribution in [3.05, 3.63) is 59.7 Å². The molecule has 0 spiro atoms. The van der Waals surface area contributed by atoms with Crippen molar-refractivity contribution < 1.29 is 14.0 Å². The van der Waals surface area contributed by atoms with Gasteiger partial charge in [0.1, 0.15) is 0 Å². The van der Waals surface area contributed by atoms with Gasteiger partial charge in [0, 0.05) is 35.7 Å². The second kappa shape index (κ2) is 7.87. The summed E-state index contributed by atoms with van der Waals surface area (Å²) in [5, 5.41) is 8.25. The SMILES string of the molecule is Cc1cccc(-c2nnc(-c3ccc(C(=O)N4CCC(C(N)=O)CC4)cc3)o2)c1. The highest BCUT2D eigenvalue weighted by molar-refractivity contribution is 5.94. The normalized spacial score (nSPS) is 14.7. The average molecular weight is 390 g/mol. The van der Waals surface area contributed by atoms with Crippen LogP contribution in [0.5, 0.6) is 0 Å². The van der Waals surface area contributed by atoms with Gasteiger partial charge in [0.05, 0.1) is 0 Å². The van der Waals surface area contributed by atoms with Crippen LogP contribution in [-0.2, 0) is 4.79 Å². The van der Waals surface area contributed by atoms with Gasteiger partial charge in [-0.05, 0) is 56.2 Å². The van der Waals surface area contributed by atoms with Gasteiger partial charge in [-0.2, -0.15) is 0 Å². The lowest BCUT2D eigenvalue weighted by molar-refractivity contribution is -0.123. The maximum Gasteiger partial charge on any atom is 0.253 e. The number of carbonyl (C=O) groups excluding carboxylic acids is 2. The van der Waals surface area contributed by atoms with Crippen molar-refractivity contribution in [1.29, 1.82) is 0 Å². The molecule has 0 saturated carbocycles. The second-order valence-corrected chi connectivity index (χ2v) is 7.33. The topological polar surface area (TPSA) is 102 Å². The van der Waals surface area contributed by atoms with E-state index in [1.54, 1.807) is 29.2 Å². The molecule has 7 heteroatoms. The molecule has 4 rings (SSSR count). The first kappa shape index (κ1) is 18.9. The fourth-order valence-corrected chi connectivity index (χ4v) is 3.54. The Bertz CT molecular complexity index is 1030. The summed E-state index contributed by atoms with van der Waals surface area (Å²) < 4.78 is 5.80. The van der Waals surface area contributed by atoms with Crippen LogP contribution < -0.4 is 5.73 Å². The summed E-state index contributed by atoms with van der Waals surface area (Å²) in [4.78, 5) is 25.7. The zero-order chi connectivity index (χ0) is 20.4. The Kier molecular flexibility index (Phi) is 5.12. The van der Waals surface area contributed by atoms with Crippen LogP contribution in [0.4, 0.5) is 0 Å². The standard InChI is InChI=1S/C22H22N4O3/c1-14-3-2-4-18(13-14)21-25-24-20(29-21)16-5-7-17(8-6-16)22(28)26-11-9-15(10-12-26)19(23)27/h2-8,13,15H,9-12H2,1H3,(H2,23,27). The summed E-state index contributed by atoms with van der Waals surface area (Å²) in [5.74, 6) is 0.391. The van der Waals surface area contributed by atoms with Crippen LogP contribution in [0.3, 0.4) is 0 Å². The van der Waals surface area contributed by atoms with Gasteiger partial charge in [0.15, 0.2) is 0 Å². The Balaban J connectivity index is 1.46. The van der Waals surface area contributed by atoms with E-state index in [4.69, 9.17) is 10.2 Å². The molecule has 1 aliphatic heterocycles. The number of piperidine rings is 1. The van der Waals surface area contributed by atoms with Gasteiger partial charge in [-0.1, -0.05) is 17.7 Å². The molecule has 0 radical (unpaired) electrons. The quantitative estimate of drug-likeness (QED) is 0.738. The summed E-state index contributed by atoms with van der Waals surface area (Å²) in [6.07, 6.45) is 1.23. The number of rotatable bonds is 4. The first-order valence-corrected chi connectivity index (χ1v) is 9.61. The lowest BCUT2D eigenvalue weighted by Crippen LogP contribution is -2.41. The van der Waals surface area contributed by atoms with Crippen LogP contribution in [-0.4, -0.2) is 40.0 Å². The molecule has 0 aliphatic carbocycles. The molecule has 0 bridgehead atoms. The Hall–Kier alpha value is -3.48. The van der Waals surface area contributed by atoms with Crippen molar-refractivity contribution >= 4 is 11.8 Å². The van der Waals surface area contributed by atoms with Crippen LogP contribution >= 0.6 is 0 Å². The Labute approximate surface area is 168 Å². The van der Waals surface area contributed by atoms with Crippen LogP contribution in [0.1, 0.15) is 28.8 Å². The molecule has 2 aromatic carbocycles. The zero-order valence-electron chi connectivity index (χ0n) is 16.2. The summed E-state index contributed by atoms with van der Waals surface area (Å²) in [5.41, 5.74) is 8.68.